The second kappa shape index (κ2) is 4.40. The molecule has 0 saturated carbocycles. The lowest BCUT2D eigenvalue weighted by Gasteiger charge is -2.20. The van der Waals surface area contributed by atoms with E-state index in [2.05, 4.69) is 0 Å². The zero-order valence-corrected chi connectivity index (χ0v) is 7.95. The molecule has 76 valence electrons. The summed E-state index contributed by atoms with van der Waals surface area (Å²) in [6.45, 7) is 1.68. The standard InChI is InChI=1S/C10H18O3/c11-9(10-4-2-6-13-10)7-8-3-1-5-12-8/h8-11H,1-7H2. The highest BCUT2D eigenvalue weighted by Crippen LogP contribution is 2.23. The molecule has 0 aromatic carbocycles. The van der Waals surface area contributed by atoms with Gasteiger partial charge in [-0.2, -0.15) is 0 Å². The van der Waals surface area contributed by atoms with Crippen LogP contribution in [0.3, 0.4) is 0 Å². The minimum Gasteiger partial charge on any atom is -0.390 e. The van der Waals surface area contributed by atoms with Crippen molar-refractivity contribution in [3.05, 3.63) is 0 Å². The lowest BCUT2D eigenvalue weighted by Crippen LogP contribution is -2.29. The molecule has 0 aromatic heterocycles. The van der Waals surface area contributed by atoms with E-state index in [0.717, 1.165) is 45.3 Å². The molecule has 0 radical (unpaired) electrons. The van der Waals surface area contributed by atoms with Crippen LogP contribution in [0.15, 0.2) is 0 Å². The molecule has 0 aromatic rings. The Hall–Kier alpha value is -0.120. The molecule has 2 heterocycles. The van der Waals surface area contributed by atoms with Gasteiger partial charge in [0.15, 0.2) is 0 Å². The van der Waals surface area contributed by atoms with Crippen LogP contribution >= 0.6 is 0 Å². The average Bonchev–Trinajstić information content (AvgIpc) is 2.74. The van der Waals surface area contributed by atoms with Crippen LogP contribution in [0.4, 0.5) is 0 Å². The number of aliphatic hydroxyl groups is 1. The monoisotopic (exact) mass is 186 g/mol. The van der Waals surface area contributed by atoms with E-state index in [1.807, 2.05) is 0 Å². The number of hydrogen-bond donors (Lipinski definition) is 1. The van der Waals surface area contributed by atoms with Gasteiger partial charge in [-0.3, -0.25) is 0 Å². The van der Waals surface area contributed by atoms with E-state index >= 15 is 0 Å². The first-order valence-electron chi connectivity index (χ1n) is 5.27. The molecule has 2 rings (SSSR count). The molecule has 0 bridgehead atoms. The van der Waals surface area contributed by atoms with Gasteiger partial charge in [0.2, 0.25) is 0 Å². The number of rotatable bonds is 3. The maximum atomic E-state index is 9.80. The second-order valence-corrected chi connectivity index (χ2v) is 3.99. The summed E-state index contributed by atoms with van der Waals surface area (Å²) in [7, 11) is 0. The van der Waals surface area contributed by atoms with Crippen LogP contribution in [0.1, 0.15) is 32.1 Å². The highest BCUT2D eigenvalue weighted by atomic mass is 16.5. The molecule has 3 unspecified atom stereocenters. The van der Waals surface area contributed by atoms with Crippen LogP contribution in [-0.2, 0) is 9.47 Å². The van der Waals surface area contributed by atoms with Gasteiger partial charge in [-0.25, -0.2) is 0 Å². The molecule has 3 nitrogen and oxygen atoms in total. The van der Waals surface area contributed by atoms with Crippen molar-refractivity contribution in [3.63, 3.8) is 0 Å². The Morgan fingerprint density at radius 3 is 2.54 bits per heavy atom. The fourth-order valence-electron chi connectivity index (χ4n) is 2.16. The molecule has 3 heteroatoms. The Morgan fingerprint density at radius 2 is 1.92 bits per heavy atom. The van der Waals surface area contributed by atoms with Crippen LogP contribution in [0, 0.1) is 0 Å². The van der Waals surface area contributed by atoms with E-state index in [4.69, 9.17) is 9.47 Å². The van der Waals surface area contributed by atoms with Crippen molar-refractivity contribution >= 4 is 0 Å². The summed E-state index contributed by atoms with van der Waals surface area (Å²) in [4.78, 5) is 0. The summed E-state index contributed by atoms with van der Waals surface area (Å²) in [6, 6.07) is 0. The SMILES string of the molecule is OC(CC1CCCO1)C1CCCO1. The van der Waals surface area contributed by atoms with Crippen molar-refractivity contribution in [2.75, 3.05) is 13.2 Å². The Kier molecular flexibility index (Phi) is 3.19. The molecule has 1 N–H and O–H groups in total. The molecule has 2 aliphatic rings. The molecular weight excluding hydrogens is 168 g/mol. The molecule has 0 aliphatic carbocycles. The van der Waals surface area contributed by atoms with Crippen molar-refractivity contribution in [1.29, 1.82) is 0 Å². The van der Waals surface area contributed by atoms with E-state index in [9.17, 15) is 5.11 Å². The second-order valence-electron chi connectivity index (χ2n) is 3.99. The van der Waals surface area contributed by atoms with Crippen molar-refractivity contribution < 1.29 is 14.6 Å². The molecule has 13 heavy (non-hydrogen) atoms. The van der Waals surface area contributed by atoms with E-state index < -0.39 is 0 Å². The maximum Gasteiger partial charge on any atom is 0.0835 e. The average molecular weight is 186 g/mol. The minimum atomic E-state index is -0.314. The molecule has 2 saturated heterocycles. The van der Waals surface area contributed by atoms with Gasteiger partial charge in [-0.05, 0) is 25.7 Å². The molecular formula is C10H18O3. The molecule has 0 spiro atoms. The Labute approximate surface area is 79.0 Å². The third kappa shape index (κ3) is 2.42. The maximum absolute atomic E-state index is 9.80. The summed E-state index contributed by atoms with van der Waals surface area (Å²) in [6.07, 6.45) is 5.13. The van der Waals surface area contributed by atoms with Gasteiger partial charge in [0.05, 0.1) is 18.3 Å². The highest BCUT2D eigenvalue weighted by Gasteiger charge is 2.28. The molecule has 3 atom stereocenters. The van der Waals surface area contributed by atoms with E-state index in [1.165, 1.54) is 0 Å². The van der Waals surface area contributed by atoms with Crippen LogP contribution in [-0.4, -0.2) is 36.6 Å². The summed E-state index contributed by atoms with van der Waals surface area (Å²) in [5.41, 5.74) is 0. The largest absolute Gasteiger partial charge is 0.390 e. The summed E-state index contributed by atoms with van der Waals surface area (Å²) in [5.74, 6) is 0. The van der Waals surface area contributed by atoms with Crippen molar-refractivity contribution in [2.24, 2.45) is 0 Å². The lowest BCUT2D eigenvalue weighted by molar-refractivity contribution is -0.0305. The Morgan fingerprint density at radius 1 is 1.15 bits per heavy atom. The van der Waals surface area contributed by atoms with Gasteiger partial charge in [-0.1, -0.05) is 0 Å². The predicted octanol–water partition coefficient (Wildman–Crippen LogP) is 1.10. The highest BCUT2D eigenvalue weighted by molar-refractivity contribution is 4.78. The number of hydrogen-bond acceptors (Lipinski definition) is 3. The van der Waals surface area contributed by atoms with Crippen LogP contribution in [0.5, 0.6) is 0 Å². The summed E-state index contributed by atoms with van der Waals surface area (Å²) in [5, 5.41) is 9.80. The smallest absolute Gasteiger partial charge is 0.0835 e. The minimum absolute atomic E-state index is 0.0733. The fraction of sp³-hybridized carbons (Fsp3) is 1.00. The lowest BCUT2D eigenvalue weighted by atomic mass is 10.0. The van der Waals surface area contributed by atoms with Crippen molar-refractivity contribution in [2.45, 2.75) is 50.4 Å². The predicted molar refractivity (Wildman–Crippen MR) is 48.6 cm³/mol. The summed E-state index contributed by atoms with van der Waals surface area (Å²) >= 11 is 0. The third-order valence-electron chi connectivity index (χ3n) is 2.92. The third-order valence-corrected chi connectivity index (χ3v) is 2.92. The molecule has 2 aliphatic heterocycles. The Balaban J connectivity index is 1.73. The van der Waals surface area contributed by atoms with E-state index in [1.54, 1.807) is 0 Å². The van der Waals surface area contributed by atoms with Crippen molar-refractivity contribution in [1.82, 2.24) is 0 Å². The van der Waals surface area contributed by atoms with Gasteiger partial charge in [0.25, 0.3) is 0 Å². The van der Waals surface area contributed by atoms with Crippen LogP contribution in [0.25, 0.3) is 0 Å². The van der Waals surface area contributed by atoms with Gasteiger partial charge < -0.3 is 14.6 Å². The first kappa shape index (κ1) is 9.44. The van der Waals surface area contributed by atoms with Gasteiger partial charge in [-0.15, -0.1) is 0 Å². The van der Waals surface area contributed by atoms with E-state index in [0.29, 0.717) is 0 Å². The Bertz CT molecular complexity index is 148. The van der Waals surface area contributed by atoms with Crippen molar-refractivity contribution in [3.8, 4) is 0 Å². The zero-order chi connectivity index (χ0) is 9.10. The molecule has 0 amide bonds. The number of ether oxygens (including phenoxy) is 2. The normalized spacial score (nSPS) is 36.7. The molecule has 2 fully saturated rings. The first-order chi connectivity index (χ1) is 6.36. The van der Waals surface area contributed by atoms with Gasteiger partial charge >= 0.3 is 0 Å². The van der Waals surface area contributed by atoms with E-state index in [-0.39, 0.29) is 18.3 Å². The van der Waals surface area contributed by atoms with Crippen LogP contribution in [0.2, 0.25) is 0 Å². The fourth-order valence-corrected chi connectivity index (χ4v) is 2.16. The van der Waals surface area contributed by atoms with Gasteiger partial charge in [0.1, 0.15) is 0 Å². The van der Waals surface area contributed by atoms with Gasteiger partial charge in [0, 0.05) is 19.6 Å². The summed E-state index contributed by atoms with van der Waals surface area (Å²) < 4.78 is 10.9. The topological polar surface area (TPSA) is 38.7 Å². The first-order valence-corrected chi connectivity index (χ1v) is 5.27. The van der Waals surface area contributed by atoms with Crippen LogP contribution < -0.4 is 0 Å². The zero-order valence-electron chi connectivity index (χ0n) is 7.95. The number of aliphatic hydroxyl groups excluding tert-OH is 1. The quantitative estimate of drug-likeness (QED) is 0.717.